The van der Waals surface area contributed by atoms with Gasteiger partial charge in [-0.25, -0.2) is 8.78 Å². The van der Waals surface area contributed by atoms with E-state index in [1.54, 1.807) is 0 Å². The van der Waals surface area contributed by atoms with E-state index in [4.69, 9.17) is 4.18 Å². The molecule has 6 nitrogen and oxygen atoms in total. The summed E-state index contributed by atoms with van der Waals surface area (Å²) in [5, 5.41) is 2.29. The molecule has 1 N–H and O–H groups in total. The van der Waals surface area contributed by atoms with E-state index in [1.165, 1.54) is 38.4 Å². The maximum Gasteiger partial charge on any atom is 0.384 e. The molecule has 9 heteroatoms. The summed E-state index contributed by atoms with van der Waals surface area (Å²) in [6, 6.07) is 7.98. The van der Waals surface area contributed by atoms with Crippen molar-refractivity contribution in [1.82, 2.24) is 4.31 Å². The molecule has 0 unspecified atom stereocenters. The van der Waals surface area contributed by atoms with Crippen molar-refractivity contribution in [3.8, 4) is 5.75 Å². The van der Waals surface area contributed by atoms with Crippen LogP contribution in [0.5, 0.6) is 5.75 Å². The van der Waals surface area contributed by atoms with E-state index >= 15 is 0 Å². The lowest BCUT2D eigenvalue weighted by molar-refractivity contribution is 0.102. The van der Waals surface area contributed by atoms with Crippen LogP contribution >= 0.6 is 0 Å². The van der Waals surface area contributed by atoms with Crippen molar-refractivity contribution in [3.63, 3.8) is 0 Å². The second-order valence-electron chi connectivity index (χ2n) is 4.93. The summed E-state index contributed by atoms with van der Waals surface area (Å²) in [7, 11) is -1.27. The fraction of sp³-hybridized carbons (Fsp3) is 0.133. The minimum Gasteiger partial charge on any atom is -0.371 e. The molecule has 128 valence electrons. The molecule has 0 aliphatic heterocycles. The van der Waals surface area contributed by atoms with Crippen LogP contribution in [0.25, 0.3) is 0 Å². The fourth-order valence-corrected chi connectivity index (χ4v) is 2.15. The first-order chi connectivity index (χ1) is 11.2. The highest BCUT2D eigenvalue weighted by molar-refractivity contribution is 7.84. The molecule has 0 atom stereocenters. The van der Waals surface area contributed by atoms with Crippen LogP contribution < -0.4 is 9.50 Å². The molecule has 1 amide bonds. The maximum atomic E-state index is 13.5. The van der Waals surface area contributed by atoms with Crippen molar-refractivity contribution < 1.29 is 26.2 Å². The summed E-state index contributed by atoms with van der Waals surface area (Å²) in [5.41, 5.74) is -0.0229. The van der Waals surface area contributed by atoms with Gasteiger partial charge in [0.15, 0.2) is 0 Å². The summed E-state index contributed by atoms with van der Waals surface area (Å²) in [5.74, 6) is -2.27. The Labute approximate surface area is 137 Å². The minimum atomic E-state index is -3.89. The number of carbonyl (C=O) groups is 1. The maximum absolute atomic E-state index is 13.5. The van der Waals surface area contributed by atoms with Gasteiger partial charge in [0.2, 0.25) is 0 Å². The average Bonchev–Trinajstić information content (AvgIpc) is 2.50. The van der Waals surface area contributed by atoms with Crippen molar-refractivity contribution in [2.24, 2.45) is 0 Å². The number of amides is 1. The van der Waals surface area contributed by atoms with Crippen LogP contribution in [0.4, 0.5) is 14.5 Å². The van der Waals surface area contributed by atoms with E-state index in [9.17, 15) is 22.0 Å². The van der Waals surface area contributed by atoms with Crippen LogP contribution in [0.1, 0.15) is 10.4 Å². The standard InChI is InChI=1S/C15H14F2N2O4S/c1-19(2)24(21,22)23-12-6-3-10(4-7-12)15(20)18-14-8-5-11(16)9-13(14)17/h3-9H,1-2H3,(H,18,20). The SMILES string of the molecule is CN(C)S(=O)(=O)Oc1ccc(C(=O)Nc2ccc(F)cc2F)cc1. The first kappa shape index (κ1) is 17.8. The van der Waals surface area contributed by atoms with Crippen molar-refractivity contribution in [1.29, 1.82) is 0 Å². The molecule has 0 radical (unpaired) electrons. The zero-order chi connectivity index (χ0) is 17.9. The van der Waals surface area contributed by atoms with Crippen LogP contribution in [-0.2, 0) is 10.3 Å². The lowest BCUT2D eigenvalue weighted by Crippen LogP contribution is -2.27. The molecule has 0 saturated carbocycles. The number of nitrogens with zero attached hydrogens (tertiary/aromatic N) is 1. The lowest BCUT2D eigenvalue weighted by atomic mass is 10.2. The van der Waals surface area contributed by atoms with E-state index in [2.05, 4.69) is 5.32 Å². The van der Waals surface area contributed by atoms with E-state index in [-0.39, 0.29) is 17.0 Å². The molecule has 0 bridgehead atoms. The number of benzene rings is 2. The predicted molar refractivity (Wildman–Crippen MR) is 84.0 cm³/mol. The summed E-state index contributed by atoms with van der Waals surface area (Å²) < 4.78 is 55.2. The van der Waals surface area contributed by atoms with Crippen molar-refractivity contribution in [3.05, 3.63) is 59.7 Å². The van der Waals surface area contributed by atoms with Crippen molar-refractivity contribution >= 4 is 21.9 Å². The highest BCUT2D eigenvalue weighted by Crippen LogP contribution is 2.18. The van der Waals surface area contributed by atoms with Crippen LogP contribution in [0, 0.1) is 11.6 Å². The second-order valence-corrected chi connectivity index (χ2v) is 6.68. The van der Waals surface area contributed by atoms with Gasteiger partial charge in [0, 0.05) is 25.7 Å². The number of rotatable bonds is 5. The highest BCUT2D eigenvalue weighted by Gasteiger charge is 2.16. The fourth-order valence-electron chi connectivity index (χ4n) is 1.64. The normalized spacial score (nSPS) is 11.4. The number of anilines is 1. The molecule has 0 aliphatic carbocycles. The molecule has 24 heavy (non-hydrogen) atoms. The van der Waals surface area contributed by atoms with Crippen LogP contribution in [0.2, 0.25) is 0 Å². The Bertz CT molecular complexity index is 852. The zero-order valence-corrected chi connectivity index (χ0v) is 13.6. The summed E-state index contributed by atoms with van der Waals surface area (Å²) >= 11 is 0. The molecule has 2 aromatic rings. The molecular weight excluding hydrogens is 342 g/mol. The Kier molecular flexibility index (Phi) is 5.15. The Balaban J connectivity index is 2.11. The molecule has 0 fully saturated rings. The largest absolute Gasteiger partial charge is 0.384 e. The smallest absolute Gasteiger partial charge is 0.371 e. The number of carbonyl (C=O) groups excluding carboxylic acids is 1. The Morgan fingerprint density at radius 3 is 2.25 bits per heavy atom. The van der Waals surface area contributed by atoms with Crippen molar-refractivity contribution in [2.75, 3.05) is 19.4 Å². The Hall–Kier alpha value is -2.52. The van der Waals surface area contributed by atoms with Gasteiger partial charge in [0.25, 0.3) is 5.91 Å². The van der Waals surface area contributed by atoms with Gasteiger partial charge in [0.1, 0.15) is 17.4 Å². The topological polar surface area (TPSA) is 75.7 Å². The van der Waals surface area contributed by atoms with Gasteiger partial charge >= 0.3 is 10.3 Å². The van der Waals surface area contributed by atoms with E-state index in [1.807, 2.05) is 0 Å². The van der Waals surface area contributed by atoms with Gasteiger partial charge in [0.05, 0.1) is 5.69 Å². The van der Waals surface area contributed by atoms with Crippen molar-refractivity contribution in [2.45, 2.75) is 0 Å². The predicted octanol–water partition coefficient (Wildman–Crippen LogP) is 2.40. The first-order valence-corrected chi connectivity index (χ1v) is 8.04. The van der Waals surface area contributed by atoms with Gasteiger partial charge in [-0.15, -0.1) is 0 Å². The molecule has 0 heterocycles. The average molecular weight is 356 g/mol. The molecule has 0 aromatic heterocycles. The summed E-state index contributed by atoms with van der Waals surface area (Å²) in [6.07, 6.45) is 0. The number of hydrogen-bond acceptors (Lipinski definition) is 4. The van der Waals surface area contributed by atoms with E-state index in [0.717, 1.165) is 16.4 Å². The minimum absolute atomic E-state index is 0.0215. The molecule has 0 saturated heterocycles. The third-order valence-corrected chi connectivity index (χ3v) is 4.24. The van der Waals surface area contributed by atoms with Crippen LogP contribution in [0.3, 0.4) is 0 Å². The quantitative estimate of drug-likeness (QED) is 0.893. The van der Waals surface area contributed by atoms with E-state index in [0.29, 0.717) is 6.07 Å². The monoisotopic (exact) mass is 356 g/mol. The third-order valence-electron chi connectivity index (χ3n) is 2.94. The number of hydrogen-bond donors (Lipinski definition) is 1. The van der Waals surface area contributed by atoms with Gasteiger partial charge in [-0.2, -0.15) is 12.7 Å². The Morgan fingerprint density at radius 1 is 1.08 bits per heavy atom. The molecule has 2 aromatic carbocycles. The van der Waals surface area contributed by atoms with Gasteiger partial charge < -0.3 is 9.50 Å². The second kappa shape index (κ2) is 6.93. The molecule has 2 rings (SSSR count). The highest BCUT2D eigenvalue weighted by atomic mass is 32.2. The molecular formula is C15H14F2N2O4S. The Morgan fingerprint density at radius 2 is 1.71 bits per heavy atom. The van der Waals surface area contributed by atoms with Gasteiger partial charge in [-0.3, -0.25) is 4.79 Å². The number of halogens is 2. The lowest BCUT2D eigenvalue weighted by Gasteiger charge is -2.12. The first-order valence-electron chi connectivity index (χ1n) is 6.67. The van der Waals surface area contributed by atoms with Crippen LogP contribution in [0.15, 0.2) is 42.5 Å². The zero-order valence-electron chi connectivity index (χ0n) is 12.8. The third kappa shape index (κ3) is 4.27. The number of nitrogens with one attached hydrogen (secondary N) is 1. The molecule has 0 spiro atoms. The van der Waals surface area contributed by atoms with Gasteiger partial charge in [-0.05, 0) is 36.4 Å². The summed E-state index contributed by atoms with van der Waals surface area (Å²) in [6.45, 7) is 0. The molecule has 0 aliphatic rings. The van der Waals surface area contributed by atoms with E-state index < -0.39 is 27.8 Å². The van der Waals surface area contributed by atoms with Gasteiger partial charge in [-0.1, -0.05) is 0 Å². The van der Waals surface area contributed by atoms with Crippen LogP contribution in [-0.4, -0.2) is 32.7 Å². The summed E-state index contributed by atoms with van der Waals surface area (Å²) in [4.78, 5) is 12.0.